The Morgan fingerprint density at radius 2 is 2.54 bits per heavy atom. The van der Waals surface area contributed by atoms with Gasteiger partial charge in [0.2, 0.25) is 11.9 Å². The largest absolute Gasteiger partial charge is 0.294 e. The van der Waals surface area contributed by atoms with Gasteiger partial charge in [-0.15, -0.1) is 11.8 Å². The van der Waals surface area contributed by atoms with Gasteiger partial charge in [0.1, 0.15) is 6.33 Å². The molecule has 1 amide bonds. The minimum atomic E-state index is -0.202. The third-order valence-electron chi connectivity index (χ3n) is 2.16. The van der Waals surface area contributed by atoms with Crippen LogP contribution in [0.25, 0.3) is 0 Å². The summed E-state index contributed by atoms with van der Waals surface area (Å²) < 4.78 is -0.202. The van der Waals surface area contributed by atoms with Crippen molar-refractivity contribution in [3.63, 3.8) is 0 Å². The predicted molar refractivity (Wildman–Crippen MR) is 50.5 cm³/mol. The maximum atomic E-state index is 11.6. The fourth-order valence-corrected chi connectivity index (χ4v) is 1.87. The average molecular weight is 198 g/mol. The predicted octanol–water partition coefficient (Wildman–Crippen LogP) is 0.639. The van der Waals surface area contributed by atoms with Crippen molar-refractivity contribution in [1.29, 1.82) is 0 Å². The van der Waals surface area contributed by atoms with Gasteiger partial charge in [-0.05, 0) is 19.1 Å². The molecule has 0 atom stereocenters. The van der Waals surface area contributed by atoms with E-state index in [9.17, 15) is 4.79 Å². The van der Waals surface area contributed by atoms with Crippen molar-refractivity contribution in [2.24, 2.45) is 0 Å². The second-order valence-corrected chi connectivity index (χ2v) is 4.18. The summed E-state index contributed by atoms with van der Waals surface area (Å²) in [4.78, 5) is 15.4. The smallest absolute Gasteiger partial charge is 0.242 e. The van der Waals surface area contributed by atoms with Gasteiger partial charge in [0, 0.05) is 0 Å². The van der Waals surface area contributed by atoms with Crippen LogP contribution in [0.4, 0.5) is 5.95 Å². The molecule has 0 unspecified atom stereocenters. The van der Waals surface area contributed by atoms with Crippen molar-refractivity contribution in [2.75, 3.05) is 11.6 Å². The van der Waals surface area contributed by atoms with E-state index in [1.54, 1.807) is 11.8 Å². The molecule has 0 aliphatic heterocycles. The van der Waals surface area contributed by atoms with Crippen LogP contribution in [-0.2, 0) is 4.79 Å². The summed E-state index contributed by atoms with van der Waals surface area (Å²) in [5.74, 6) is 0.446. The second-order valence-electron chi connectivity index (χ2n) is 2.99. The monoisotopic (exact) mass is 198 g/mol. The van der Waals surface area contributed by atoms with E-state index in [2.05, 4.69) is 20.5 Å². The quantitative estimate of drug-likeness (QED) is 0.747. The molecule has 1 aliphatic carbocycles. The third-order valence-corrected chi connectivity index (χ3v) is 3.53. The van der Waals surface area contributed by atoms with Crippen LogP contribution < -0.4 is 5.32 Å². The van der Waals surface area contributed by atoms with Gasteiger partial charge in [-0.3, -0.25) is 10.1 Å². The molecular formula is C7H10N4OS. The molecule has 1 aliphatic rings. The first-order valence-electron chi connectivity index (χ1n) is 3.99. The van der Waals surface area contributed by atoms with Gasteiger partial charge in [-0.2, -0.15) is 10.1 Å². The van der Waals surface area contributed by atoms with Gasteiger partial charge in [-0.25, -0.2) is 5.10 Å². The summed E-state index contributed by atoms with van der Waals surface area (Å²) in [6.07, 6.45) is 5.23. The molecule has 70 valence electrons. The van der Waals surface area contributed by atoms with E-state index in [4.69, 9.17) is 0 Å². The zero-order chi connectivity index (χ0) is 9.31. The van der Waals surface area contributed by atoms with Gasteiger partial charge in [-0.1, -0.05) is 0 Å². The summed E-state index contributed by atoms with van der Waals surface area (Å²) in [5, 5.41) is 8.92. The first-order valence-corrected chi connectivity index (χ1v) is 5.21. The SMILES string of the molecule is CSC1(C(=O)Nc2ncn[nH]2)CC1. The second kappa shape index (κ2) is 3.02. The van der Waals surface area contributed by atoms with Crippen molar-refractivity contribution in [3.05, 3.63) is 6.33 Å². The highest BCUT2D eigenvalue weighted by molar-refractivity contribution is 8.01. The van der Waals surface area contributed by atoms with Gasteiger partial charge < -0.3 is 0 Å². The highest BCUT2D eigenvalue weighted by Crippen LogP contribution is 2.47. The van der Waals surface area contributed by atoms with Crippen molar-refractivity contribution >= 4 is 23.6 Å². The van der Waals surface area contributed by atoms with Crippen molar-refractivity contribution in [2.45, 2.75) is 17.6 Å². The highest BCUT2D eigenvalue weighted by atomic mass is 32.2. The zero-order valence-corrected chi connectivity index (χ0v) is 8.02. The maximum absolute atomic E-state index is 11.6. The van der Waals surface area contributed by atoms with Crippen LogP contribution in [0.2, 0.25) is 0 Å². The maximum Gasteiger partial charge on any atom is 0.242 e. The molecule has 13 heavy (non-hydrogen) atoms. The summed E-state index contributed by atoms with van der Waals surface area (Å²) in [7, 11) is 0. The number of thioether (sulfide) groups is 1. The van der Waals surface area contributed by atoms with E-state index in [1.165, 1.54) is 6.33 Å². The summed E-state index contributed by atoms with van der Waals surface area (Å²) in [5.41, 5.74) is 0. The van der Waals surface area contributed by atoms with E-state index in [1.807, 2.05) is 6.26 Å². The Balaban J connectivity index is 2.00. The lowest BCUT2D eigenvalue weighted by atomic mass is 10.4. The molecule has 2 N–H and O–H groups in total. The number of nitrogens with one attached hydrogen (secondary N) is 2. The molecule has 1 fully saturated rings. The zero-order valence-electron chi connectivity index (χ0n) is 7.20. The number of hydrogen-bond donors (Lipinski definition) is 2. The number of rotatable bonds is 3. The van der Waals surface area contributed by atoms with Crippen LogP contribution in [0.15, 0.2) is 6.33 Å². The normalized spacial score (nSPS) is 18.2. The molecule has 0 spiro atoms. The van der Waals surface area contributed by atoms with Crippen LogP contribution in [0.5, 0.6) is 0 Å². The number of carbonyl (C=O) groups is 1. The van der Waals surface area contributed by atoms with Crippen LogP contribution in [0, 0.1) is 0 Å². The Bertz CT molecular complexity index is 306. The number of aromatic nitrogens is 3. The van der Waals surface area contributed by atoms with E-state index in [0.29, 0.717) is 5.95 Å². The van der Waals surface area contributed by atoms with Crippen LogP contribution >= 0.6 is 11.8 Å². The van der Waals surface area contributed by atoms with E-state index < -0.39 is 0 Å². The van der Waals surface area contributed by atoms with Crippen molar-refractivity contribution < 1.29 is 4.79 Å². The number of H-pyrrole nitrogens is 1. The first-order chi connectivity index (χ1) is 6.27. The molecule has 0 aromatic carbocycles. The molecule has 0 saturated heterocycles. The van der Waals surface area contributed by atoms with Crippen LogP contribution in [0.3, 0.4) is 0 Å². The number of hydrogen-bond acceptors (Lipinski definition) is 4. The number of anilines is 1. The van der Waals surface area contributed by atoms with Gasteiger partial charge in [0.15, 0.2) is 0 Å². The third kappa shape index (κ3) is 1.53. The average Bonchev–Trinajstić information content (AvgIpc) is 2.79. The summed E-state index contributed by atoms with van der Waals surface area (Å²) >= 11 is 1.59. The van der Waals surface area contributed by atoms with Crippen molar-refractivity contribution in [3.8, 4) is 0 Å². The lowest BCUT2D eigenvalue weighted by Gasteiger charge is -2.09. The molecule has 1 saturated carbocycles. The van der Waals surface area contributed by atoms with Gasteiger partial charge >= 0.3 is 0 Å². The molecule has 1 aromatic heterocycles. The lowest BCUT2D eigenvalue weighted by molar-refractivity contribution is -0.116. The van der Waals surface area contributed by atoms with Crippen LogP contribution in [0.1, 0.15) is 12.8 Å². The molecule has 0 radical (unpaired) electrons. The fraction of sp³-hybridized carbons (Fsp3) is 0.571. The molecule has 2 rings (SSSR count). The Morgan fingerprint density at radius 1 is 1.77 bits per heavy atom. The minimum absolute atomic E-state index is 0.0248. The molecule has 0 bridgehead atoms. The molecule has 6 heteroatoms. The van der Waals surface area contributed by atoms with E-state index in [-0.39, 0.29) is 10.7 Å². The van der Waals surface area contributed by atoms with Gasteiger partial charge in [0.25, 0.3) is 0 Å². The standard InChI is InChI=1S/C7H10N4OS/c1-13-7(2-3-7)5(12)10-6-8-4-9-11-6/h4H,2-3H2,1H3,(H2,8,9,10,11,12). The van der Waals surface area contributed by atoms with E-state index >= 15 is 0 Å². The fourth-order valence-electron chi connectivity index (χ4n) is 1.12. The number of aromatic amines is 1. The van der Waals surface area contributed by atoms with Crippen molar-refractivity contribution in [1.82, 2.24) is 15.2 Å². The number of carbonyl (C=O) groups excluding carboxylic acids is 1. The topological polar surface area (TPSA) is 70.7 Å². The minimum Gasteiger partial charge on any atom is -0.294 e. The molecule has 1 aromatic rings. The first kappa shape index (κ1) is 8.55. The van der Waals surface area contributed by atoms with Gasteiger partial charge in [0.05, 0.1) is 4.75 Å². The molecular weight excluding hydrogens is 188 g/mol. The van der Waals surface area contributed by atoms with Crippen LogP contribution in [-0.4, -0.2) is 32.1 Å². The number of nitrogens with zero attached hydrogens (tertiary/aromatic N) is 2. The Morgan fingerprint density at radius 3 is 3.00 bits per heavy atom. The molecule has 5 nitrogen and oxygen atoms in total. The summed E-state index contributed by atoms with van der Waals surface area (Å²) in [6, 6.07) is 0. The Labute approximate surface area is 79.7 Å². The molecule has 1 heterocycles. The summed E-state index contributed by atoms with van der Waals surface area (Å²) in [6.45, 7) is 0. The highest BCUT2D eigenvalue weighted by Gasteiger charge is 2.49. The Kier molecular flexibility index (Phi) is 1.99. The number of amides is 1. The Hall–Kier alpha value is -1.04. The lowest BCUT2D eigenvalue weighted by Crippen LogP contribution is -2.26. The van der Waals surface area contributed by atoms with E-state index in [0.717, 1.165) is 12.8 Å².